The summed E-state index contributed by atoms with van der Waals surface area (Å²) in [4.78, 5) is 29.2. The molecule has 1 N–H and O–H groups in total. The summed E-state index contributed by atoms with van der Waals surface area (Å²) in [5, 5.41) is 4.25. The molecule has 0 radical (unpaired) electrons. The summed E-state index contributed by atoms with van der Waals surface area (Å²) in [6.07, 6.45) is 9.80. The van der Waals surface area contributed by atoms with Gasteiger partial charge in [0.2, 0.25) is 0 Å². The number of likely N-dealkylation sites (tertiary alicyclic amines) is 1. The van der Waals surface area contributed by atoms with Gasteiger partial charge in [0, 0.05) is 68.4 Å². The van der Waals surface area contributed by atoms with Gasteiger partial charge in [-0.1, -0.05) is 18.1 Å². The van der Waals surface area contributed by atoms with Crippen molar-refractivity contribution in [2.24, 2.45) is 0 Å². The summed E-state index contributed by atoms with van der Waals surface area (Å²) < 4.78 is 0. The molecular weight excluding hydrogens is 448 g/mol. The second-order valence-electron chi connectivity index (χ2n) is 9.99. The SMILES string of the molecule is C#Cc1cccc(Nc2ncnc3ccc(CC(=O)CN4CCC(N5CCN(C)CC5)CC4)cc23)c1. The van der Waals surface area contributed by atoms with E-state index in [1.807, 2.05) is 42.5 Å². The van der Waals surface area contributed by atoms with Crippen LogP contribution < -0.4 is 5.32 Å². The molecule has 36 heavy (non-hydrogen) atoms. The molecule has 2 fully saturated rings. The molecule has 7 nitrogen and oxygen atoms in total. The van der Waals surface area contributed by atoms with Gasteiger partial charge in [0.1, 0.15) is 12.1 Å². The molecule has 3 aromatic rings. The Kier molecular flexibility index (Phi) is 7.57. The topological polar surface area (TPSA) is 64.6 Å². The highest BCUT2D eigenvalue weighted by molar-refractivity contribution is 5.92. The van der Waals surface area contributed by atoms with Crippen molar-refractivity contribution >= 4 is 28.2 Å². The van der Waals surface area contributed by atoms with Crippen LogP contribution in [0.15, 0.2) is 48.8 Å². The summed E-state index contributed by atoms with van der Waals surface area (Å²) in [6.45, 7) is 7.16. The number of fused-ring (bicyclic) bond motifs is 1. The number of nitrogens with zero attached hydrogens (tertiary/aromatic N) is 5. The summed E-state index contributed by atoms with van der Waals surface area (Å²) in [5.41, 5.74) is 3.49. The van der Waals surface area contributed by atoms with Gasteiger partial charge in [0.05, 0.1) is 12.1 Å². The number of terminal acetylenes is 1. The van der Waals surface area contributed by atoms with Gasteiger partial charge in [0.25, 0.3) is 0 Å². The van der Waals surface area contributed by atoms with Crippen LogP contribution >= 0.6 is 0 Å². The Morgan fingerprint density at radius 2 is 1.86 bits per heavy atom. The number of ketones is 1. The van der Waals surface area contributed by atoms with Crippen LogP contribution in [0.1, 0.15) is 24.0 Å². The van der Waals surface area contributed by atoms with Crippen LogP contribution in [0.25, 0.3) is 10.9 Å². The van der Waals surface area contributed by atoms with Crippen molar-refractivity contribution in [2.45, 2.75) is 25.3 Å². The van der Waals surface area contributed by atoms with Crippen LogP contribution in [0.5, 0.6) is 0 Å². The Bertz CT molecular complexity index is 1250. The third-order valence-corrected chi connectivity index (χ3v) is 7.40. The molecule has 2 aliphatic rings. The first-order valence-electron chi connectivity index (χ1n) is 12.8. The van der Waals surface area contributed by atoms with Crippen LogP contribution in [0.3, 0.4) is 0 Å². The number of nitrogens with one attached hydrogen (secondary N) is 1. The van der Waals surface area contributed by atoms with Crippen LogP contribution in [-0.2, 0) is 11.2 Å². The first-order chi connectivity index (χ1) is 17.6. The third kappa shape index (κ3) is 5.90. The molecule has 2 aliphatic heterocycles. The molecule has 2 saturated heterocycles. The Labute approximate surface area is 213 Å². The fourth-order valence-corrected chi connectivity index (χ4v) is 5.30. The average molecular weight is 483 g/mol. The summed E-state index contributed by atoms with van der Waals surface area (Å²) >= 11 is 0. The lowest BCUT2D eigenvalue weighted by atomic mass is 10.0. The zero-order chi connectivity index (χ0) is 24.9. The Morgan fingerprint density at radius 3 is 2.64 bits per heavy atom. The molecule has 0 amide bonds. The number of hydrogen-bond acceptors (Lipinski definition) is 7. The number of Topliss-reactive ketones (excluding diaryl/α,β-unsaturated/α-hetero) is 1. The fraction of sp³-hybridized carbons (Fsp3) is 0.414. The normalized spacial score (nSPS) is 18.2. The van der Waals surface area contributed by atoms with Gasteiger partial charge < -0.3 is 10.2 Å². The van der Waals surface area contributed by atoms with E-state index >= 15 is 0 Å². The van der Waals surface area contributed by atoms with Gasteiger partial charge in [-0.15, -0.1) is 6.42 Å². The van der Waals surface area contributed by atoms with Crippen LogP contribution in [-0.4, -0.2) is 89.4 Å². The number of hydrogen-bond donors (Lipinski definition) is 1. The minimum Gasteiger partial charge on any atom is -0.340 e. The maximum Gasteiger partial charge on any atom is 0.151 e. The predicted molar refractivity (Wildman–Crippen MR) is 144 cm³/mol. The van der Waals surface area contributed by atoms with E-state index in [0.717, 1.165) is 79.8 Å². The van der Waals surface area contributed by atoms with Crippen LogP contribution in [0, 0.1) is 12.3 Å². The van der Waals surface area contributed by atoms with Gasteiger partial charge in [0.15, 0.2) is 5.78 Å². The Balaban J connectivity index is 1.19. The summed E-state index contributed by atoms with van der Waals surface area (Å²) in [6, 6.07) is 14.3. The van der Waals surface area contributed by atoms with E-state index in [1.165, 1.54) is 0 Å². The second-order valence-corrected chi connectivity index (χ2v) is 9.99. The van der Waals surface area contributed by atoms with Gasteiger partial charge >= 0.3 is 0 Å². The van der Waals surface area contributed by atoms with Gasteiger partial charge in [-0.25, -0.2) is 9.97 Å². The Morgan fingerprint density at radius 1 is 1.06 bits per heavy atom. The number of anilines is 2. The molecule has 0 unspecified atom stereocenters. The third-order valence-electron chi connectivity index (χ3n) is 7.40. The quantitative estimate of drug-likeness (QED) is 0.519. The van der Waals surface area contributed by atoms with E-state index in [-0.39, 0.29) is 5.78 Å². The fourth-order valence-electron chi connectivity index (χ4n) is 5.30. The minimum absolute atomic E-state index is 0.250. The van der Waals surface area contributed by atoms with Gasteiger partial charge in [-0.05, 0) is 55.8 Å². The van der Waals surface area contributed by atoms with Crippen molar-refractivity contribution in [3.63, 3.8) is 0 Å². The number of likely N-dealkylation sites (N-methyl/N-ethyl adjacent to an activating group) is 1. The molecule has 0 atom stereocenters. The van der Waals surface area contributed by atoms with E-state index in [1.54, 1.807) is 6.33 Å². The molecule has 1 aromatic heterocycles. The number of aromatic nitrogens is 2. The standard InChI is InChI=1S/C29H34N6O/c1-3-22-5-4-6-24(17-22)32-29-27-19-23(7-8-28(27)30-21-31-29)18-26(36)20-34-11-9-25(10-12-34)35-15-13-33(2)14-16-35/h1,4-8,17,19,21,25H,9-16,18,20H2,2H3,(H,30,31,32). The molecule has 2 aromatic carbocycles. The molecular formula is C29H34N6O. The highest BCUT2D eigenvalue weighted by Gasteiger charge is 2.27. The van der Waals surface area contributed by atoms with Gasteiger partial charge in [-0.2, -0.15) is 0 Å². The zero-order valence-corrected chi connectivity index (χ0v) is 21.0. The summed E-state index contributed by atoms with van der Waals surface area (Å²) in [7, 11) is 2.20. The molecule has 5 rings (SSSR count). The van der Waals surface area contributed by atoms with E-state index in [4.69, 9.17) is 6.42 Å². The second kappa shape index (κ2) is 11.2. The number of piperazine rings is 1. The first kappa shape index (κ1) is 24.4. The number of carbonyl (C=O) groups is 1. The minimum atomic E-state index is 0.250. The largest absolute Gasteiger partial charge is 0.340 e. The van der Waals surface area contributed by atoms with E-state index in [9.17, 15) is 4.79 Å². The smallest absolute Gasteiger partial charge is 0.151 e. The van der Waals surface area contributed by atoms with Crippen LogP contribution in [0.4, 0.5) is 11.5 Å². The lowest BCUT2D eigenvalue weighted by molar-refractivity contribution is -0.120. The molecule has 186 valence electrons. The predicted octanol–water partition coefficient (Wildman–Crippen LogP) is 3.18. The van der Waals surface area contributed by atoms with E-state index < -0.39 is 0 Å². The zero-order valence-electron chi connectivity index (χ0n) is 21.0. The summed E-state index contributed by atoms with van der Waals surface area (Å²) in [5.74, 6) is 3.61. The highest BCUT2D eigenvalue weighted by atomic mass is 16.1. The first-order valence-corrected chi connectivity index (χ1v) is 12.8. The lowest BCUT2D eigenvalue weighted by Gasteiger charge is -2.42. The molecule has 0 spiro atoms. The van der Waals surface area contributed by atoms with Crippen LogP contribution in [0.2, 0.25) is 0 Å². The Hall–Kier alpha value is -3.31. The van der Waals surface area contributed by atoms with Crippen molar-refractivity contribution in [2.75, 3.05) is 58.2 Å². The van der Waals surface area contributed by atoms with Crippen molar-refractivity contribution in [3.8, 4) is 12.3 Å². The maximum atomic E-state index is 13.0. The van der Waals surface area contributed by atoms with Crippen molar-refractivity contribution in [1.29, 1.82) is 0 Å². The molecule has 0 aliphatic carbocycles. The van der Waals surface area contributed by atoms with Crippen molar-refractivity contribution in [1.82, 2.24) is 24.7 Å². The van der Waals surface area contributed by atoms with E-state index in [0.29, 0.717) is 24.8 Å². The number of rotatable bonds is 7. The highest BCUT2D eigenvalue weighted by Crippen LogP contribution is 2.25. The number of piperidine rings is 1. The molecule has 3 heterocycles. The van der Waals surface area contributed by atoms with Crippen molar-refractivity contribution < 1.29 is 4.79 Å². The maximum absolute atomic E-state index is 13.0. The number of carbonyl (C=O) groups excluding carboxylic acids is 1. The monoisotopic (exact) mass is 482 g/mol. The molecule has 0 bridgehead atoms. The van der Waals surface area contributed by atoms with E-state index in [2.05, 4.69) is 43.0 Å². The number of benzene rings is 2. The molecule has 0 saturated carbocycles. The molecule has 7 heteroatoms. The van der Waals surface area contributed by atoms with Gasteiger partial charge in [-0.3, -0.25) is 14.6 Å². The average Bonchev–Trinajstić information content (AvgIpc) is 2.90. The lowest BCUT2D eigenvalue weighted by Crippen LogP contribution is -2.52. The van der Waals surface area contributed by atoms with Crippen molar-refractivity contribution in [3.05, 3.63) is 59.9 Å².